The molecule has 1 aromatic carbocycles. The number of fused-ring (bicyclic) bond motifs is 1. The van der Waals surface area contributed by atoms with Gasteiger partial charge in [0.2, 0.25) is 0 Å². The lowest BCUT2D eigenvalue weighted by Crippen LogP contribution is -2.21. The molecular weight excluding hydrogens is 153 g/mol. The molecular formula is C10H12FN. The first-order valence-corrected chi connectivity index (χ1v) is 4.30. The molecule has 12 heavy (non-hydrogen) atoms. The summed E-state index contributed by atoms with van der Waals surface area (Å²) in [6.45, 7) is 2.15. The van der Waals surface area contributed by atoms with Gasteiger partial charge >= 0.3 is 0 Å². The van der Waals surface area contributed by atoms with E-state index in [-0.39, 0.29) is 5.82 Å². The normalized spacial score (nSPS) is 21.3. The first-order valence-electron chi connectivity index (χ1n) is 4.30. The lowest BCUT2D eigenvalue weighted by Gasteiger charge is -2.23. The van der Waals surface area contributed by atoms with Crippen LogP contribution in [0.1, 0.15) is 18.9 Å². The monoisotopic (exact) mass is 165 g/mol. The molecule has 2 rings (SSSR count). The highest BCUT2D eigenvalue weighted by atomic mass is 19.1. The molecule has 1 aliphatic heterocycles. The summed E-state index contributed by atoms with van der Waals surface area (Å²) in [5, 5.41) is 3.32. The second-order valence-corrected chi connectivity index (χ2v) is 3.39. The molecule has 0 spiro atoms. The van der Waals surface area contributed by atoms with E-state index in [4.69, 9.17) is 0 Å². The molecule has 0 aromatic heterocycles. The van der Waals surface area contributed by atoms with Crippen LogP contribution < -0.4 is 5.32 Å². The summed E-state index contributed by atoms with van der Waals surface area (Å²) < 4.78 is 12.8. The van der Waals surface area contributed by atoms with Gasteiger partial charge in [-0.1, -0.05) is 0 Å². The Morgan fingerprint density at radius 2 is 2.33 bits per heavy atom. The Hall–Kier alpha value is -1.05. The maximum atomic E-state index is 12.8. The predicted molar refractivity (Wildman–Crippen MR) is 47.8 cm³/mol. The third-order valence-electron chi connectivity index (χ3n) is 2.32. The molecule has 2 heteroatoms. The summed E-state index contributed by atoms with van der Waals surface area (Å²) in [7, 11) is 0. The van der Waals surface area contributed by atoms with Gasteiger partial charge in [-0.05, 0) is 43.5 Å². The van der Waals surface area contributed by atoms with Crippen molar-refractivity contribution in [2.75, 3.05) is 5.32 Å². The van der Waals surface area contributed by atoms with Gasteiger partial charge in [-0.2, -0.15) is 0 Å². The van der Waals surface area contributed by atoms with Gasteiger partial charge in [0.1, 0.15) is 5.82 Å². The third-order valence-corrected chi connectivity index (χ3v) is 2.32. The maximum absolute atomic E-state index is 12.8. The molecule has 1 N–H and O–H groups in total. The number of anilines is 1. The summed E-state index contributed by atoms with van der Waals surface area (Å²) in [5.41, 5.74) is 2.20. The van der Waals surface area contributed by atoms with E-state index in [9.17, 15) is 4.39 Å². The van der Waals surface area contributed by atoms with Gasteiger partial charge < -0.3 is 5.32 Å². The zero-order valence-electron chi connectivity index (χ0n) is 7.10. The summed E-state index contributed by atoms with van der Waals surface area (Å²) in [6, 6.07) is 5.46. The van der Waals surface area contributed by atoms with Gasteiger partial charge in [0.25, 0.3) is 0 Å². The highest BCUT2D eigenvalue weighted by molar-refractivity contribution is 5.53. The van der Waals surface area contributed by atoms with Crippen molar-refractivity contribution in [3.8, 4) is 0 Å². The zero-order chi connectivity index (χ0) is 8.55. The van der Waals surface area contributed by atoms with E-state index >= 15 is 0 Å². The number of hydrogen-bond donors (Lipinski definition) is 1. The molecule has 1 aliphatic rings. The largest absolute Gasteiger partial charge is 0.382 e. The molecule has 0 saturated carbocycles. The van der Waals surface area contributed by atoms with Crippen molar-refractivity contribution in [1.82, 2.24) is 0 Å². The zero-order valence-corrected chi connectivity index (χ0v) is 7.10. The Morgan fingerprint density at radius 1 is 1.50 bits per heavy atom. The minimum atomic E-state index is -0.134. The van der Waals surface area contributed by atoms with Crippen LogP contribution in [-0.4, -0.2) is 6.04 Å². The van der Waals surface area contributed by atoms with Crippen molar-refractivity contribution in [3.05, 3.63) is 29.6 Å². The molecule has 0 fully saturated rings. The van der Waals surface area contributed by atoms with Crippen LogP contribution in [0, 0.1) is 5.82 Å². The van der Waals surface area contributed by atoms with E-state index in [0.29, 0.717) is 6.04 Å². The average Bonchev–Trinajstić information content (AvgIpc) is 2.05. The highest BCUT2D eigenvalue weighted by Gasteiger charge is 2.13. The van der Waals surface area contributed by atoms with Gasteiger partial charge in [-0.25, -0.2) is 4.39 Å². The molecule has 0 radical (unpaired) electrons. The Morgan fingerprint density at radius 3 is 3.17 bits per heavy atom. The number of nitrogens with one attached hydrogen (secondary N) is 1. The van der Waals surface area contributed by atoms with Crippen molar-refractivity contribution >= 4 is 5.69 Å². The molecule has 0 aliphatic carbocycles. The number of halogens is 1. The van der Waals surface area contributed by atoms with Crippen LogP contribution in [0.4, 0.5) is 10.1 Å². The molecule has 0 amide bonds. The lowest BCUT2D eigenvalue weighted by molar-refractivity contribution is 0.617. The van der Waals surface area contributed by atoms with E-state index in [1.807, 2.05) is 6.07 Å². The van der Waals surface area contributed by atoms with Crippen LogP contribution in [0.25, 0.3) is 0 Å². The summed E-state index contributed by atoms with van der Waals surface area (Å²) in [6.07, 6.45) is 2.08. The second kappa shape index (κ2) is 2.77. The Labute approximate surface area is 71.6 Å². The van der Waals surface area contributed by atoms with E-state index in [0.717, 1.165) is 24.1 Å². The Kier molecular flexibility index (Phi) is 1.75. The Bertz CT molecular complexity index is 296. The van der Waals surface area contributed by atoms with Crippen LogP contribution in [0.2, 0.25) is 0 Å². The molecule has 1 atom stereocenters. The maximum Gasteiger partial charge on any atom is 0.123 e. The van der Waals surface area contributed by atoms with Crippen molar-refractivity contribution in [3.63, 3.8) is 0 Å². The standard InChI is InChI=1S/C10H12FN/c1-7-2-3-8-6-9(11)4-5-10(8)12-7/h4-7,12H,2-3H2,1H3/t7-/m0/s1. The first kappa shape index (κ1) is 7.59. The fourth-order valence-electron chi connectivity index (χ4n) is 1.62. The lowest BCUT2D eigenvalue weighted by atomic mass is 9.99. The predicted octanol–water partition coefficient (Wildman–Crippen LogP) is 2.57. The quantitative estimate of drug-likeness (QED) is 0.623. The number of benzene rings is 1. The first-order chi connectivity index (χ1) is 5.75. The molecule has 64 valence electrons. The van der Waals surface area contributed by atoms with Crippen molar-refractivity contribution < 1.29 is 4.39 Å². The fraction of sp³-hybridized carbons (Fsp3) is 0.400. The second-order valence-electron chi connectivity index (χ2n) is 3.39. The van der Waals surface area contributed by atoms with Gasteiger partial charge in [0.05, 0.1) is 0 Å². The van der Waals surface area contributed by atoms with Crippen LogP contribution >= 0.6 is 0 Å². The van der Waals surface area contributed by atoms with Crippen molar-refractivity contribution in [2.45, 2.75) is 25.8 Å². The van der Waals surface area contributed by atoms with Crippen molar-refractivity contribution in [1.29, 1.82) is 0 Å². The van der Waals surface area contributed by atoms with Gasteiger partial charge in [0.15, 0.2) is 0 Å². The topological polar surface area (TPSA) is 12.0 Å². The minimum Gasteiger partial charge on any atom is -0.382 e. The number of hydrogen-bond acceptors (Lipinski definition) is 1. The van der Waals surface area contributed by atoms with Gasteiger partial charge in [-0.15, -0.1) is 0 Å². The van der Waals surface area contributed by atoms with E-state index in [1.54, 1.807) is 6.07 Å². The van der Waals surface area contributed by atoms with Crippen LogP contribution in [-0.2, 0) is 6.42 Å². The van der Waals surface area contributed by atoms with Crippen LogP contribution in [0.5, 0.6) is 0 Å². The molecule has 0 unspecified atom stereocenters. The minimum absolute atomic E-state index is 0.134. The average molecular weight is 165 g/mol. The van der Waals surface area contributed by atoms with Crippen LogP contribution in [0.3, 0.4) is 0 Å². The number of aryl methyl sites for hydroxylation is 1. The van der Waals surface area contributed by atoms with E-state index in [1.165, 1.54) is 6.07 Å². The van der Waals surface area contributed by atoms with E-state index < -0.39 is 0 Å². The Balaban J connectivity index is 2.37. The van der Waals surface area contributed by atoms with Crippen LogP contribution in [0.15, 0.2) is 18.2 Å². The van der Waals surface area contributed by atoms with Crippen molar-refractivity contribution in [2.24, 2.45) is 0 Å². The summed E-state index contributed by atoms with van der Waals surface area (Å²) in [4.78, 5) is 0. The summed E-state index contributed by atoms with van der Waals surface area (Å²) in [5.74, 6) is -0.134. The third kappa shape index (κ3) is 1.29. The molecule has 0 saturated heterocycles. The molecule has 1 heterocycles. The van der Waals surface area contributed by atoms with Gasteiger partial charge in [-0.3, -0.25) is 0 Å². The molecule has 1 nitrogen and oxygen atoms in total. The smallest absolute Gasteiger partial charge is 0.123 e. The SMILES string of the molecule is C[C@H]1CCc2cc(F)ccc2N1. The fourth-order valence-corrected chi connectivity index (χ4v) is 1.62. The molecule has 0 bridgehead atoms. The molecule has 1 aromatic rings. The number of rotatable bonds is 0. The van der Waals surface area contributed by atoms with E-state index in [2.05, 4.69) is 12.2 Å². The summed E-state index contributed by atoms with van der Waals surface area (Å²) >= 11 is 0. The van der Waals surface area contributed by atoms with Gasteiger partial charge in [0, 0.05) is 11.7 Å². The highest BCUT2D eigenvalue weighted by Crippen LogP contribution is 2.24.